The summed E-state index contributed by atoms with van der Waals surface area (Å²) < 4.78 is 0. The molecule has 0 radical (unpaired) electrons. The third-order valence-corrected chi connectivity index (χ3v) is 6.44. The van der Waals surface area contributed by atoms with E-state index in [1.54, 1.807) is 0 Å². The molecular formula is C24H24N2O2. The highest BCUT2D eigenvalue weighted by Gasteiger charge is 2.57. The molecular weight excluding hydrogens is 348 g/mol. The Hall–Kier alpha value is -2.88. The topological polar surface area (TPSA) is 40.6 Å². The van der Waals surface area contributed by atoms with Gasteiger partial charge in [0.15, 0.2) is 0 Å². The second kappa shape index (κ2) is 6.06. The lowest BCUT2D eigenvalue weighted by molar-refractivity contribution is -0.124. The van der Waals surface area contributed by atoms with Crippen molar-refractivity contribution < 1.29 is 9.59 Å². The van der Waals surface area contributed by atoms with Crippen LogP contribution in [0.1, 0.15) is 25.0 Å². The molecule has 0 saturated heterocycles. The van der Waals surface area contributed by atoms with Crippen molar-refractivity contribution in [2.75, 3.05) is 9.80 Å². The van der Waals surface area contributed by atoms with Crippen LogP contribution in [0.15, 0.2) is 60.7 Å². The van der Waals surface area contributed by atoms with Gasteiger partial charge in [0.1, 0.15) is 0 Å². The van der Waals surface area contributed by atoms with Gasteiger partial charge in [0.05, 0.1) is 11.8 Å². The van der Waals surface area contributed by atoms with Crippen LogP contribution >= 0.6 is 0 Å². The Labute approximate surface area is 165 Å². The molecule has 3 aliphatic rings. The number of carbonyl (C=O) groups is 2. The first-order valence-corrected chi connectivity index (χ1v) is 9.99. The summed E-state index contributed by atoms with van der Waals surface area (Å²) in [5.41, 5.74) is 5.10. The number of rotatable bonds is 2. The Morgan fingerprint density at radius 2 is 1.18 bits per heavy atom. The highest BCUT2D eigenvalue weighted by Crippen LogP contribution is 2.50. The van der Waals surface area contributed by atoms with E-state index in [1.165, 1.54) is 11.1 Å². The molecule has 4 heteroatoms. The Morgan fingerprint density at radius 3 is 1.61 bits per heavy atom. The highest BCUT2D eigenvalue weighted by atomic mass is 16.2. The summed E-state index contributed by atoms with van der Waals surface area (Å²) in [5, 5.41) is 0. The van der Waals surface area contributed by atoms with Gasteiger partial charge in [-0.1, -0.05) is 48.6 Å². The van der Waals surface area contributed by atoms with Gasteiger partial charge in [0, 0.05) is 23.5 Å². The lowest BCUT2D eigenvalue weighted by atomic mass is 10.1. The average molecular weight is 372 g/mol. The summed E-state index contributed by atoms with van der Waals surface area (Å²) in [5.74, 6) is -0.774. The second-order valence-electron chi connectivity index (χ2n) is 8.31. The van der Waals surface area contributed by atoms with E-state index in [1.807, 2.05) is 46.2 Å². The third-order valence-electron chi connectivity index (χ3n) is 6.44. The van der Waals surface area contributed by atoms with Crippen molar-refractivity contribution in [2.24, 2.45) is 11.8 Å². The normalized spacial score (nSPS) is 27.6. The number of hydrogen-bond donors (Lipinski definition) is 0. The minimum Gasteiger partial charge on any atom is -0.308 e. The molecule has 142 valence electrons. The van der Waals surface area contributed by atoms with Gasteiger partial charge in [-0.3, -0.25) is 9.59 Å². The number of anilines is 2. The molecule has 2 amide bonds. The van der Waals surface area contributed by atoms with Gasteiger partial charge < -0.3 is 9.80 Å². The van der Waals surface area contributed by atoms with Gasteiger partial charge in [-0.2, -0.15) is 0 Å². The Kier molecular flexibility index (Phi) is 3.73. The van der Waals surface area contributed by atoms with E-state index >= 15 is 0 Å². The predicted octanol–water partition coefficient (Wildman–Crippen LogP) is 3.74. The zero-order valence-corrected chi connectivity index (χ0v) is 16.3. The molecule has 28 heavy (non-hydrogen) atoms. The van der Waals surface area contributed by atoms with Crippen LogP contribution in [0.25, 0.3) is 0 Å². The number of nitrogens with zero attached hydrogens (tertiary/aromatic N) is 2. The van der Waals surface area contributed by atoms with Crippen LogP contribution in [0, 0.1) is 11.8 Å². The molecule has 0 aromatic heterocycles. The fraction of sp³-hybridized carbons (Fsp3) is 0.333. The molecule has 4 atom stereocenters. The lowest BCUT2D eigenvalue weighted by Gasteiger charge is -2.24. The van der Waals surface area contributed by atoms with Crippen LogP contribution in [0.4, 0.5) is 11.4 Å². The minimum atomic E-state index is -0.402. The molecule has 1 saturated carbocycles. The quantitative estimate of drug-likeness (QED) is 0.754. The molecule has 4 nitrogen and oxygen atoms in total. The number of benzene rings is 2. The van der Waals surface area contributed by atoms with Gasteiger partial charge in [-0.15, -0.1) is 0 Å². The summed E-state index contributed by atoms with van der Waals surface area (Å²) in [4.78, 5) is 30.4. The summed E-state index contributed by atoms with van der Waals surface area (Å²) in [6.07, 6.45) is 1.71. The summed E-state index contributed by atoms with van der Waals surface area (Å²) in [7, 11) is 0. The Bertz CT molecular complexity index is 932. The maximum absolute atomic E-state index is 13.3. The first-order valence-electron chi connectivity index (χ1n) is 9.99. The van der Waals surface area contributed by atoms with Crippen LogP contribution in [0.2, 0.25) is 0 Å². The summed E-state index contributed by atoms with van der Waals surface area (Å²) in [6.45, 7) is 8.22. The van der Waals surface area contributed by atoms with Crippen molar-refractivity contribution >= 4 is 23.2 Å². The Balaban J connectivity index is 1.40. The van der Waals surface area contributed by atoms with Gasteiger partial charge in [-0.25, -0.2) is 0 Å². The third kappa shape index (κ3) is 2.37. The van der Waals surface area contributed by atoms with Gasteiger partial charge in [0.2, 0.25) is 11.8 Å². The molecule has 0 bridgehead atoms. The van der Waals surface area contributed by atoms with E-state index in [4.69, 9.17) is 0 Å². The summed E-state index contributed by atoms with van der Waals surface area (Å²) >= 11 is 0. The number of amides is 2. The first kappa shape index (κ1) is 17.2. The average Bonchev–Trinajstić information content (AvgIpc) is 3.05. The van der Waals surface area contributed by atoms with Gasteiger partial charge in [0.25, 0.3) is 0 Å². The Morgan fingerprint density at radius 1 is 0.786 bits per heavy atom. The number of para-hydroxylation sites is 2. The molecule has 1 aliphatic carbocycles. The lowest BCUT2D eigenvalue weighted by Crippen LogP contribution is -2.40. The molecule has 2 heterocycles. The van der Waals surface area contributed by atoms with E-state index in [0.29, 0.717) is 0 Å². The minimum absolute atomic E-state index is 0.0148. The SMILES string of the molecule is C=C1[C@H](C(=O)N2c3ccccc3C[C@@H]2C)[C@@H]1C(=O)N1c2ccccc2C[C@H]1C. The van der Waals surface area contributed by atoms with Crippen molar-refractivity contribution in [2.45, 2.75) is 38.8 Å². The van der Waals surface area contributed by atoms with Gasteiger partial charge in [-0.05, 0) is 49.9 Å². The van der Waals surface area contributed by atoms with Crippen LogP contribution in [0.5, 0.6) is 0 Å². The molecule has 0 spiro atoms. The fourth-order valence-electron chi connectivity index (χ4n) is 5.02. The predicted molar refractivity (Wildman–Crippen MR) is 110 cm³/mol. The number of hydrogen-bond acceptors (Lipinski definition) is 2. The molecule has 2 aromatic carbocycles. The van der Waals surface area contributed by atoms with Crippen molar-refractivity contribution in [3.63, 3.8) is 0 Å². The van der Waals surface area contributed by atoms with Crippen molar-refractivity contribution in [3.05, 3.63) is 71.8 Å². The van der Waals surface area contributed by atoms with Crippen molar-refractivity contribution in [1.29, 1.82) is 0 Å². The molecule has 0 N–H and O–H groups in total. The maximum atomic E-state index is 13.3. The monoisotopic (exact) mass is 372 g/mol. The van der Waals surface area contributed by atoms with Crippen LogP contribution in [-0.4, -0.2) is 23.9 Å². The smallest absolute Gasteiger partial charge is 0.235 e. The summed E-state index contributed by atoms with van der Waals surface area (Å²) in [6, 6.07) is 16.3. The molecule has 1 fully saturated rings. The fourth-order valence-corrected chi connectivity index (χ4v) is 5.02. The van der Waals surface area contributed by atoms with E-state index in [-0.39, 0.29) is 23.9 Å². The zero-order chi connectivity index (χ0) is 19.6. The van der Waals surface area contributed by atoms with Crippen LogP contribution in [0.3, 0.4) is 0 Å². The molecule has 2 aromatic rings. The zero-order valence-electron chi connectivity index (χ0n) is 16.3. The van der Waals surface area contributed by atoms with E-state index < -0.39 is 11.8 Å². The molecule has 2 aliphatic heterocycles. The van der Waals surface area contributed by atoms with Crippen molar-refractivity contribution in [1.82, 2.24) is 0 Å². The maximum Gasteiger partial charge on any atom is 0.235 e. The largest absolute Gasteiger partial charge is 0.308 e. The second-order valence-corrected chi connectivity index (χ2v) is 8.31. The van der Waals surface area contributed by atoms with E-state index in [0.717, 1.165) is 29.8 Å². The molecule has 0 unspecified atom stereocenters. The highest BCUT2D eigenvalue weighted by molar-refractivity contribution is 6.11. The standard InChI is InChI=1S/C24H24N2O2/c1-14-12-17-8-4-6-10-19(17)25(14)23(27)21-16(3)22(21)24(28)26-15(2)13-18-9-5-7-11-20(18)26/h4-11,14-15,21-22H,3,12-13H2,1-2H3/t14-,15+,21-,22+. The van der Waals surface area contributed by atoms with Crippen LogP contribution in [-0.2, 0) is 22.4 Å². The number of carbonyl (C=O) groups excluding carboxylic acids is 2. The molecule has 5 rings (SSSR count). The van der Waals surface area contributed by atoms with Crippen molar-refractivity contribution in [3.8, 4) is 0 Å². The van der Waals surface area contributed by atoms with E-state index in [9.17, 15) is 9.59 Å². The van der Waals surface area contributed by atoms with Crippen LogP contribution < -0.4 is 9.80 Å². The van der Waals surface area contributed by atoms with Gasteiger partial charge >= 0.3 is 0 Å². The number of fused-ring (bicyclic) bond motifs is 2. The van der Waals surface area contributed by atoms with E-state index in [2.05, 4.69) is 32.6 Å². The first-order chi connectivity index (χ1) is 13.5.